The Morgan fingerprint density at radius 2 is 1.66 bits per heavy atom. The number of hydrogen-bond acceptors (Lipinski definition) is 4. The summed E-state index contributed by atoms with van der Waals surface area (Å²) in [5.41, 5.74) is 7.72. The molecule has 0 spiro atoms. The van der Waals surface area contributed by atoms with Crippen LogP contribution in [0.15, 0.2) is 70.6 Å². The highest BCUT2D eigenvalue weighted by atomic mass is 35.5. The van der Waals surface area contributed by atoms with Crippen LogP contribution in [0.1, 0.15) is 28.7 Å². The molecule has 1 aliphatic heterocycles. The van der Waals surface area contributed by atoms with Crippen LogP contribution in [-0.2, 0) is 4.79 Å². The molecule has 3 aromatic rings. The molecule has 0 fully saturated rings. The predicted molar refractivity (Wildman–Crippen MR) is 138 cm³/mol. The van der Waals surface area contributed by atoms with E-state index in [2.05, 4.69) is 43.4 Å². The van der Waals surface area contributed by atoms with Crippen molar-refractivity contribution in [3.05, 3.63) is 87.9 Å². The Labute approximate surface area is 197 Å². The van der Waals surface area contributed by atoms with Crippen LogP contribution in [-0.4, -0.2) is 22.4 Å². The van der Waals surface area contributed by atoms with Gasteiger partial charge < -0.3 is 5.32 Å². The molecule has 0 unspecified atom stereocenters. The first-order valence-electron chi connectivity index (χ1n) is 10.4. The molecule has 0 saturated heterocycles. The van der Waals surface area contributed by atoms with E-state index < -0.39 is 0 Å². The molecule has 1 heterocycles. The average molecular weight is 462 g/mol. The first-order valence-corrected chi connectivity index (χ1v) is 11.8. The maximum atomic E-state index is 12.6. The normalized spacial score (nSPS) is 13.0. The molecule has 0 saturated carbocycles. The van der Waals surface area contributed by atoms with Crippen molar-refractivity contribution in [1.29, 1.82) is 0 Å². The number of carbonyl (C=O) groups is 1. The highest BCUT2D eigenvalue weighted by Gasteiger charge is 2.18. The molecule has 0 atom stereocenters. The molecule has 4 nitrogen and oxygen atoms in total. The lowest BCUT2D eigenvalue weighted by Gasteiger charge is -2.09. The summed E-state index contributed by atoms with van der Waals surface area (Å²) in [6.07, 6.45) is 0.569. The Kier molecular flexibility index (Phi) is 6.77. The smallest absolute Gasteiger partial charge is 0.234 e. The van der Waals surface area contributed by atoms with E-state index in [-0.39, 0.29) is 11.7 Å². The minimum atomic E-state index is -0.119. The van der Waals surface area contributed by atoms with Crippen molar-refractivity contribution in [2.45, 2.75) is 27.2 Å². The topological polar surface area (TPSA) is 53.8 Å². The van der Waals surface area contributed by atoms with Crippen molar-refractivity contribution in [2.24, 2.45) is 9.98 Å². The molecule has 32 heavy (non-hydrogen) atoms. The van der Waals surface area contributed by atoms with Gasteiger partial charge in [0.05, 0.1) is 38.6 Å². The Hall–Kier alpha value is -2.89. The number of nitrogens with zero attached hydrogens (tertiary/aromatic N) is 2. The number of benzene rings is 3. The van der Waals surface area contributed by atoms with E-state index >= 15 is 0 Å². The third kappa shape index (κ3) is 5.29. The molecule has 3 aromatic carbocycles. The lowest BCUT2D eigenvalue weighted by atomic mass is 10.1. The van der Waals surface area contributed by atoms with E-state index in [1.165, 1.54) is 22.9 Å². The molecule has 0 bridgehead atoms. The summed E-state index contributed by atoms with van der Waals surface area (Å²) in [4.78, 5) is 22.4. The summed E-state index contributed by atoms with van der Waals surface area (Å²) in [5.74, 6) is 0.122. The van der Waals surface area contributed by atoms with Crippen LogP contribution in [0.4, 0.5) is 17.1 Å². The van der Waals surface area contributed by atoms with Gasteiger partial charge in [-0.15, -0.1) is 11.8 Å². The van der Waals surface area contributed by atoms with E-state index in [0.717, 1.165) is 33.3 Å². The van der Waals surface area contributed by atoms with E-state index in [1.807, 2.05) is 43.3 Å². The van der Waals surface area contributed by atoms with Crippen molar-refractivity contribution in [3.63, 3.8) is 0 Å². The molecule has 1 N–H and O–H groups in total. The fraction of sp³-hybridized carbons (Fsp3) is 0.192. The second kappa shape index (κ2) is 9.72. The van der Waals surface area contributed by atoms with Gasteiger partial charge in [0.1, 0.15) is 0 Å². The lowest BCUT2D eigenvalue weighted by molar-refractivity contribution is -0.113. The fourth-order valence-corrected chi connectivity index (χ4v) is 4.46. The van der Waals surface area contributed by atoms with Gasteiger partial charge in [-0.05, 0) is 67.3 Å². The number of amides is 1. The molecular formula is C26H24ClN3OS. The number of anilines is 1. The van der Waals surface area contributed by atoms with Crippen molar-refractivity contribution in [2.75, 3.05) is 11.1 Å². The number of fused-ring (bicyclic) bond motifs is 1. The Morgan fingerprint density at radius 3 is 2.34 bits per heavy atom. The van der Waals surface area contributed by atoms with Crippen molar-refractivity contribution < 1.29 is 4.79 Å². The third-order valence-corrected chi connectivity index (χ3v) is 6.57. The number of rotatable bonds is 4. The summed E-state index contributed by atoms with van der Waals surface area (Å²) >= 11 is 7.69. The number of nitrogens with one attached hydrogen (secondary N) is 1. The zero-order chi connectivity index (χ0) is 22.7. The molecule has 1 aliphatic rings. The summed E-state index contributed by atoms with van der Waals surface area (Å²) in [7, 11) is 0. The fourth-order valence-electron chi connectivity index (χ4n) is 3.40. The van der Waals surface area contributed by atoms with Gasteiger partial charge in [0.15, 0.2) is 0 Å². The highest BCUT2D eigenvalue weighted by molar-refractivity contribution is 8.14. The zero-order valence-corrected chi connectivity index (χ0v) is 19.8. The van der Waals surface area contributed by atoms with Gasteiger partial charge in [-0.1, -0.05) is 48.0 Å². The summed E-state index contributed by atoms with van der Waals surface area (Å²) in [5, 5.41) is 4.29. The number of aliphatic imine (C=N–C) groups is 2. The van der Waals surface area contributed by atoms with Gasteiger partial charge in [0, 0.05) is 6.42 Å². The molecular weight excluding hydrogens is 438 g/mol. The van der Waals surface area contributed by atoms with Crippen LogP contribution >= 0.6 is 23.4 Å². The molecule has 0 radical (unpaired) electrons. The summed E-state index contributed by atoms with van der Waals surface area (Å²) in [6, 6.07) is 19.8. The Morgan fingerprint density at radius 1 is 0.969 bits per heavy atom. The van der Waals surface area contributed by atoms with Crippen LogP contribution in [0.5, 0.6) is 0 Å². The largest absolute Gasteiger partial charge is 0.324 e. The standard InChI is InChI=1S/C26H24ClN3OS/c1-16-9-10-21(20(27)11-16)29-25(31)15-32-26-14-22(19-7-5-4-6-8-19)28-23-12-17(2)18(3)13-24(23)30-26/h4-13H,14-15H2,1-3H3,(H,29,31). The number of carbonyl (C=O) groups excluding carboxylic acids is 1. The number of aryl methyl sites for hydroxylation is 3. The van der Waals surface area contributed by atoms with Crippen molar-refractivity contribution in [1.82, 2.24) is 0 Å². The van der Waals surface area contributed by atoms with Gasteiger partial charge in [-0.2, -0.15) is 0 Å². The minimum Gasteiger partial charge on any atom is -0.324 e. The van der Waals surface area contributed by atoms with Crippen LogP contribution in [0.3, 0.4) is 0 Å². The maximum Gasteiger partial charge on any atom is 0.234 e. The molecule has 0 aliphatic carbocycles. The quantitative estimate of drug-likeness (QED) is 0.446. The molecule has 1 amide bonds. The van der Waals surface area contributed by atoms with E-state index in [1.54, 1.807) is 0 Å². The van der Waals surface area contributed by atoms with E-state index in [4.69, 9.17) is 21.6 Å². The minimum absolute atomic E-state index is 0.119. The lowest BCUT2D eigenvalue weighted by Crippen LogP contribution is -2.16. The van der Waals surface area contributed by atoms with E-state index in [9.17, 15) is 4.79 Å². The molecule has 6 heteroatoms. The molecule has 0 aromatic heterocycles. The van der Waals surface area contributed by atoms with Gasteiger partial charge in [0.25, 0.3) is 0 Å². The first kappa shape index (κ1) is 22.3. The molecule has 4 rings (SSSR count). The SMILES string of the molecule is Cc1ccc(NC(=O)CSC2=Nc3cc(C)c(C)cc3N=C(c3ccccc3)C2)c(Cl)c1. The molecule has 162 valence electrons. The van der Waals surface area contributed by atoms with Crippen LogP contribution in [0.2, 0.25) is 5.02 Å². The Balaban J connectivity index is 1.57. The number of thioether (sulfide) groups is 1. The second-order valence-corrected chi connectivity index (χ2v) is 9.31. The number of hydrogen-bond donors (Lipinski definition) is 1. The van der Waals surface area contributed by atoms with Crippen LogP contribution in [0, 0.1) is 20.8 Å². The van der Waals surface area contributed by atoms with Crippen molar-refractivity contribution in [3.8, 4) is 0 Å². The average Bonchev–Trinajstić information content (AvgIpc) is 2.94. The monoisotopic (exact) mass is 461 g/mol. The van der Waals surface area contributed by atoms with Crippen molar-refractivity contribution >= 4 is 57.1 Å². The third-order valence-electron chi connectivity index (χ3n) is 5.29. The van der Waals surface area contributed by atoms with Crippen LogP contribution < -0.4 is 5.32 Å². The highest BCUT2D eigenvalue weighted by Crippen LogP contribution is 2.36. The summed E-state index contributed by atoms with van der Waals surface area (Å²) < 4.78 is 0. The van der Waals surface area contributed by atoms with Crippen LogP contribution in [0.25, 0.3) is 0 Å². The van der Waals surface area contributed by atoms with E-state index in [0.29, 0.717) is 17.1 Å². The van der Waals surface area contributed by atoms with Gasteiger partial charge in [0.2, 0.25) is 5.91 Å². The maximum absolute atomic E-state index is 12.6. The number of halogens is 1. The second-order valence-electron chi connectivity index (χ2n) is 7.85. The zero-order valence-electron chi connectivity index (χ0n) is 18.3. The first-order chi connectivity index (χ1) is 15.4. The summed E-state index contributed by atoms with van der Waals surface area (Å²) in [6.45, 7) is 6.12. The van der Waals surface area contributed by atoms with Gasteiger partial charge >= 0.3 is 0 Å². The predicted octanol–water partition coefficient (Wildman–Crippen LogP) is 7.19. The Bertz CT molecular complexity index is 1240. The van der Waals surface area contributed by atoms with Gasteiger partial charge in [-0.3, -0.25) is 9.79 Å². The van der Waals surface area contributed by atoms with Gasteiger partial charge in [-0.25, -0.2) is 4.99 Å².